The topological polar surface area (TPSA) is 91.6 Å². The van der Waals surface area contributed by atoms with Crippen molar-refractivity contribution in [1.29, 1.82) is 0 Å². The maximum Gasteiger partial charge on any atom is 0.349 e. The molecule has 7 heteroatoms. The normalized spacial score (nSPS) is 11.5. The Hall–Kier alpha value is -2.18. The van der Waals surface area contributed by atoms with Gasteiger partial charge in [0.1, 0.15) is 5.82 Å². The van der Waals surface area contributed by atoms with Crippen LogP contribution in [-0.4, -0.2) is 24.5 Å². The van der Waals surface area contributed by atoms with E-state index in [1.54, 1.807) is 15.4 Å². The molecule has 0 spiro atoms. The molecule has 2 N–H and O–H groups in total. The van der Waals surface area contributed by atoms with E-state index in [4.69, 9.17) is 5.73 Å². The van der Waals surface area contributed by atoms with Crippen LogP contribution in [0.25, 0.3) is 0 Å². The Bertz CT molecular complexity index is 655. The summed E-state index contributed by atoms with van der Waals surface area (Å²) in [5.41, 5.74) is 7.18. The molecule has 20 heavy (non-hydrogen) atoms. The van der Waals surface area contributed by atoms with Crippen LogP contribution in [0.1, 0.15) is 50.9 Å². The van der Waals surface area contributed by atoms with E-state index in [1.807, 2.05) is 20.0 Å². The lowest BCUT2D eigenvalue weighted by molar-refractivity contribution is 0.553. The van der Waals surface area contributed by atoms with Gasteiger partial charge in [0.2, 0.25) is 0 Å². The molecule has 0 saturated carbocycles. The van der Waals surface area contributed by atoms with E-state index in [2.05, 4.69) is 29.1 Å². The highest BCUT2D eigenvalue weighted by Gasteiger charge is 2.11. The monoisotopic (exact) mass is 276 g/mol. The smallest absolute Gasteiger partial charge is 0.349 e. The Kier molecular flexibility index (Phi) is 3.87. The maximum atomic E-state index is 11.7. The van der Waals surface area contributed by atoms with Crippen molar-refractivity contribution in [2.45, 2.75) is 46.2 Å². The number of nitrogens with zero attached hydrogens (tertiary/aromatic N) is 5. The van der Waals surface area contributed by atoms with E-state index in [1.165, 1.54) is 0 Å². The zero-order chi connectivity index (χ0) is 14.9. The second-order valence-corrected chi connectivity index (χ2v) is 5.43. The molecule has 0 unspecified atom stereocenters. The second-order valence-electron chi connectivity index (χ2n) is 5.43. The number of anilines is 1. The van der Waals surface area contributed by atoms with Crippen molar-refractivity contribution in [3.05, 3.63) is 34.1 Å². The van der Waals surface area contributed by atoms with Gasteiger partial charge in [0.15, 0.2) is 0 Å². The number of hydrogen-bond donors (Lipinski definition) is 1. The zero-order valence-electron chi connectivity index (χ0n) is 12.2. The summed E-state index contributed by atoms with van der Waals surface area (Å²) in [7, 11) is 0. The fourth-order valence-electron chi connectivity index (χ4n) is 1.84. The number of nitrogens with two attached hydrogens (primary N) is 1. The van der Waals surface area contributed by atoms with E-state index in [0.29, 0.717) is 12.5 Å². The first-order valence-corrected chi connectivity index (χ1v) is 6.66. The Morgan fingerprint density at radius 3 is 2.50 bits per heavy atom. The lowest BCUT2D eigenvalue weighted by atomic mass is 10.2. The summed E-state index contributed by atoms with van der Waals surface area (Å²) in [6, 6.07) is 0.0383. The van der Waals surface area contributed by atoms with E-state index in [-0.39, 0.29) is 17.5 Å². The van der Waals surface area contributed by atoms with Crippen LogP contribution in [0.15, 0.2) is 17.2 Å². The van der Waals surface area contributed by atoms with Gasteiger partial charge in [-0.05, 0) is 19.8 Å². The largest absolute Gasteiger partial charge is 0.383 e. The van der Waals surface area contributed by atoms with Crippen LogP contribution in [0, 0.1) is 0 Å². The minimum atomic E-state index is -0.331. The van der Waals surface area contributed by atoms with Crippen molar-refractivity contribution in [3.8, 4) is 0 Å². The van der Waals surface area contributed by atoms with Crippen LogP contribution in [-0.2, 0) is 6.54 Å². The summed E-state index contributed by atoms with van der Waals surface area (Å²) < 4.78 is 3.27. The van der Waals surface area contributed by atoms with Gasteiger partial charge >= 0.3 is 5.69 Å². The van der Waals surface area contributed by atoms with Crippen LogP contribution in [0.2, 0.25) is 0 Å². The van der Waals surface area contributed by atoms with Crippen molar-refractivity contribution < 1.29 is 0 Å². The van der Waals surface area contributed by atoms with Gasteiger partial charge in [0.05, 0.1) is 12.2 Å². The number of rotatable bonds is 4. The number of aromatic nitrogens is 5. The fraction of sp³-hybridized carbons (Fsp3) is 0.538. The van der Waals surface area contributed by atoms with Gasteiger partial charge in [-0.2, -0.15) is 4.98 Å². The predicted octanol–water partition coefficient (Wildman–Crippen LogP) is 1.17. The first kappa shape index (κ1) is 14.2. The number of nitrogen functional groups attached to an aromatic ring is 1. The molecule has 7 nitrogen and oxygen atoms in total. The van der Waals surface area contributed by atoms with Crippen molar-refractivity contribution in [3.63, 3.8) is 0 Å². The summed E-state index contributed by atoms with van der Waals surface area (Å²) in [6.07, 6.45) is 3.63. The average Bonchev–Trinajstić information content (AvgIpc) is 2.80. The molecule has 0 aliphatic heterocycles. The second kappa shape index (κ2) is 5.44. The van der Waals surface area contributed by atoms with E-state index in [0.717, 1.165) is 11.3 Å². The molecule has 0 fully saturated rings. The minimum absolute atomic E-state index is 0.0383. The SMILES string of the molecule is CC(C)c1cn(Cc2cn(C(C)C)c(=O)nc2N)nn1. The third-order valence-corrected chi connectivity index (χ3v) is 3.10. The van der Waals surface area contributed by atoms with Gasteiger partial charge in [-0.3, -0.25) is 4.57 Å². The molecule has 2 heterocycles. The summed E-state index contributed by atoms with van der Waals surface area (Å²) in [6.45, 7) is 8.42. The molecule has 2 aromatic rings. The van der Waals surface area contributed by atoms with Crippen LogP contribution >= 0.6 is 0 Å². The van der Waals surface area contributed by atoms with Crippen molar-refractivity contribution >= 4 is 5.82 Å². The van der Waals surface area contributed by atoms with Gasteiger partial charge in [0, 0.05) is 24.0 Å². The highest BCUT2D eigenvalue weighted by atomic mass is 16.1. The lowest BCUT2D eigenvalue weighted by Crippen LogP contribution is -2.26. The van der Waals surface area contributed by atoms with Crippen molar-refractivity contribution in [2.24, 2.45) is 0 Å². The molecule has 0 aliphatic rings. The summed E-state index contributed by atoms with van der Waals surface area (Å²) in [4.78, 5) is 15.6. The standard InChI is InChI=1S/C13H20N6O/c1-8(2)11-7-18(17-16-11)5-10-6-19(9(3)4)13(20)15-12(10)14/h6-9H,5H2,1-4H3,(H2,14,15,20). The van der Waals surface area contributed by atoms with Gasteiger partial charge in [0.25, 0.3) is 0 Å². The molecule has 108 valence electrons. The molecule has 0 radical (unpaired) electrons. The highest BCUT2D eigenvalue weighted by molar-refractivity contribution is 5.36. The molecular formula is C13H20N6O. The summed E-state index contributed by atoms with van der Waals surface area (Å²) >= 11 is 0. The molecule has 0 bridgehead atoms. The minimum Gasteiger partial charge on any atom is -0.383 e. The van der Waals surface area contributed by atoms with Crippen molar-refractivity contribution in [1.82, 2.24) is 24.5 Å². The molecule has 0 amide bonds. The third-order valence-electron chi connectivity index (χ3n) is 3.10. The molecule has 2 aromatic heterocycles. The Morgan fingerprint density at radius 1 is 1.25 bits per heavy atom. The summed E-state index contributed by atoms with van der Waals surface area (Å²) in [5.74, 6) is 0.567. The predicted molar refractivity (Wildman–Crippen MR) is 76.5 cm³/mol. The molecule has 0 aliphatic carbocycles. The fourth-order valence-corrected chi connectivity index (χ4v) is 1.84. The van der Waals surface area contributed by atoms with E-state index >= 15 is 0 Å². The Balaban J connectivity index is 2.32. The van der Waals surface area contributed by atoms with Crippen LogP contribution in [0.3, 0.4) is 0 Å². The Labute approximate surface area is 117 Å². The van der Waals surface area contributed by atoms with Crippen LogP contribution < -0.4 is 11.4 Å². The lowest BCUT2D eigenvalue weighted by Gasteiger charge is -2.12. The molecule has 0 aromatic carbocycles. The van der Waals surface area contributed by atoms with Crippen LogP contribution in [0.5, 0.6) is 0 Å². The van der Waals surface area contributed by atoms with Gasteiger partial charge < -0.3 is 5.73 Å². The molecule has 0 atom stereocenters. The molecule has 2 rings (SSSR count). The number of hydrogen-bond acceptors (Lipinski definition) is 5. The molecular weight excluding hydrogens is 256 g/mol. The quantitative estimate of drug-likeness (QED) is 0.905. The van der Waals surface area contributed by atoms with Crippen molar-refractivity contribution in [2.75, 3.05) is 5.73 Å². The van der Waals surface area contributed by atoms with Gasteiger partial charge in [-0.25, -0.2) is 9.48 Å². The average molecular weight is 276 g/mol. The van der Waals surface area contributed by atoms with Crippen LogP contribution in [0.4, 0.5) is 5.82 Å². The highest BCUT2D eigenvalue weighted by Crippen LogP contribution is 2.13. The van der Waals surface area contributed by atoms with Gasteiger partial charge in [-0.15, -0.1) is 5.10 Å². The zero-order valence-corrected chi connectivity index (χ0v) is 12.2. The first-order chi connectivity index (χ1) is 9.38. The molecule has 0 saturated heterocycles. The Morgan fingerprint density at radius 2 is 1.95 bits per heavy atom. The van der Waals surface area contributed by atoms with Gasteiger partial charge in [-0.1, -0.05) is 19.1 Å². The summed E-state index contributed by atoms with van der Waals surface area (Å²) in [5, 5.41) is 8.17. The van der Waals surface area contributed by atoms with E-state index in [9.17, 15) is 4.79 Å². The van der Waals surface area contributed by atoms with E-state index < -0.39 is 0 Å². The third kappa shape index (κ3) is 2.87. The maximum absolute atomic E-state index is 11.7. The first-order valence-electron chi connectivity index (χ1n) is 6.66.